The van der Waals surface area contributed by atoms with Crippen molar-refractivity contribution in [1.82, 2.24) is 0 Å². The van der Waals surface area contributed by atoms with Crippen molar-refractivity contribution in [3.63, 3.8) is 0 Å². The molecule has 0 radical (unpaired) electrons. The molecule has 0 saturated heterocycles. The molecule has 1 atom stereocenters. The highest BCUT2D eigenvalue weighted by molar-refractivity contribution is 6.86. The largest absolute Gasteiger partial charge is 0.198 e. The third-order valence-corrected chi connectivity index (χ3v) is 6.38. The second kappa shape index (κ2) is 5.47. The van der Waals surface area contributed by atoms with Gasteiger partial charge in [-0.1, -0.05) is 78.0 Å². The molecule has 1 nitrogen and oxygen atoms in total. The van der Waals surface area contributed by atoms with E-state index >= 15 is 0 Å². The highest BCUT2D eigenvalue weighted by atomic mass is 28.3. The Morgan fingerprint density at radius 1 is 0.882 bits per heavy atom. The van der Waals surface area contributed by atoms with Crippen molar-refractivity contribution in [2.75, 3.05) is 0 Å². The maximum atomic E-state index is 9.21. The van der Waals surface area contributed by atoms with Crippen LogP contribution >= 0.6 is 0 Å². The van der Waals surface area contributed by atoms with E-state index in [0.29, 0.717) is 0 Å². The third-order valence-electron chi connectivity index (χ3n) is 3.02. The molecule has 0 aliphatic rings. The van der Waals surface area contributed by atoms with E-state index in [0.717, 1.165) is 0 Å². The maximum Gasteiger partial charge on any atom is 0.120 e. The van der Waals surface area contributed by atoms with Crippen LogP contribution in [0.1, 0.15) is 6.92 Å². The SMILES string of the molecule is CC(C#N)[SiH](c1ccccc1)c1ccccc1. The Bertz CT molecular complexity index is 462. The van der Waals surface area contributed by atoms with E-state index in [1.54, 1.807) is 0 Å². The molecule has 84 valence electrons. The van der Waals surface area contributed by atoms with Gasteiger partial charge in [0.2, 0.25) is 0 Å². The van der Waals surface area contributed by atoms with Crippen LogP contribution in [-0.2, 0) is 0 Å². The summed E-state index contributed by atoms with van der Waals surface area (Å²) in [6.07, 6.45) is 0. The molecular formula is C15H15NSi. The van der Waals surface area contributed by atoms with Gasteiger partial charge in [0.25, 0.3) is 0 Å². The van der Waals surface area contributed by atoms with Crippen LogP contribution < -0.4 is 10.4 Å². The van der Waals surface area contributed by atoms with Crippen molar-refractivity contribution >= 4 is 19.2 Å². The Balaban J connectivity index is 2.44. The molecule has 0 amide bonds. The van der Waals surface area contributed by atoms with E-state index in [4.69, 9.17) is 0 Å². The van der Waals surface area contributed by atoms with Crippen LogP contribution in [0.25, 0.3) is 0 Å². The van der Waals surface area contributed by atoms with Crippen LogP contribution in [0.15, 0.2) is 60.7 Å². The average Bonchev–Trinajstić information content (AvgIpc) is 2.41. The van der Waals surface area contributed by atoms with Crippen LogP contribution in [0.5, 0.6) is 0 Å². The van der Waals surface area contributed by atoms with Gasteiger partial charge < -0.3 is 0 Å². The zero-order valence-electron chi connectivity index (χ0n) is 9.88. The van der Waals surface area contributed by atoms with Crippen molar-refractivity contribution in [3.05, 3.63) is 60.7 Å². The molecule has 1 unspecified atom stereocenters. The van der Waals surface area contributed by atoms with Gasteiger partial charge in [0.15, 0.2) is 0 Å². The lowest BCUT2D eigenvalue weighted by Crippen LogP contribution is -2.44. The Kier molecular flexibility index (Phi) is 3.74. The summed E-state index contributed by atoms with van der Waals surface area (Å²) in [7, 11) is -1.41. The Labute approximate surface area is 104 Å². The van der Waals surface area contributed by atoms with E-state index in [1.807, 2.05) is 19.1 Å². The molecule has 2 heteroatoms. The molecule has 0 N–H and O–H groups in total. The summed E-state index contributed by atoms with van der Waals surface area (Å²) in [5, 5.41) is 11.9. The zero-order valence-corrected chi connectivity index (χ0v) is 11.0. The predicted octanol–water partition coefficient (Wildman–Crippen LogP) is 1.94. The molecular weight excluding hydrogens is 222 g/mol. The lowest BCUT2D eigenvalue weighted by molar-refractivity contribution is 1.18. The fraction of sp³-hybridized carbons (Fsp3) is 0.133. The van der Waals surface area contributed by atoms with Crippen molar-refractivity contribution in [3.8, 4) is 6.07 Å². The number of hydrogen-bond acceptors (Lipinski definition) is 1. The monoisotopic (exact) mass is 237 g/mol. The predicted molar refractivity (Wildman–Crippen MR) is 74.3 cm³/mol. The minimum absolute atomic E-state index is 0.111. The smallest absolute Gasteiger partial charge is 0.120 e. The van der Waals surface area contributed by atoms with Crippen molar-refractivity contribution in [2.24, 2.45) is 0 Å². The standard InChI is InChI=1S/C15H15NSi/c1-13(12-16)17(14-8-4-2-5-9-14)15-10-6-3-7-11-15/h2-11,13,17H,1H3. The summed E-state index contributed by atoms with van der Waals surface area (Å²) in [5.74, 6) is 0. The van der Waals surface area contributed by atoms with Crippen LogP contribution in [-0.4, -0.2) is 8.80 Å². The fourth-order valence-corrected chi connectivity index (χ4v) is 5.13. The summed E-state index contributed by atoms with van der Waals surface area (Å²) in [5.41, 5.74) is 0.111. The van der Waals surface area contributed by atoms with Gasteiger partial charge in [-0.15, -0.1) is 0 Å². The van der Waals surface area contributed by atoms with Crippen LogP contribution in [0, 0.1) is 11.3 Å². The van der Waals surface area contributed by atoms with Gasteiger partial charge in [-0.25, -0.2) is 0 Å². The maximum absolute atomic E-state index is 9.21. The normalized spacial score (nSPS) is 12.1. The number of nitriles is 1. The fourth-order valence-electron chi connectivity index (χ4n) is 2.17. The second-order valence-electron chi connectivity index (χ2n) is 4.22. The van der Waals surface area contributed by atoms with Gasteiger partial charge in [-0.05, 0) is 0 Å². The molecule has 0 aromatic heterocycles. The first-order valence-corrected chi connectivity index (χ1v) is 7.64. The molecule has 0 aliphatic heterocycles. The average molecular weight is 237 g/mol. The quantitative estimate of drug-likeness (QED) is 0.749. The molecule has 0 heterocycles. The van der Waals surface area contributed by atoms with E-state index in [-0.39, 0.29) is 5.54 Å². The number of benzene rings is 2. The highest BCUT2D eigenvalue weighted by Gasteiger charge is 2.22. The van der Waals surface area contributed by atoms with Gasteiger partial charge in [-0.2, -0.15) is 5.26 Å². The lowest BCUT2D eigenvalue weighted by atomic mass is 10.4. The third kappa shape index (κ3) is 2.63. The first-order chi connectivity index (χ1) is 8.33. The van der Waals surface area contributed by atoms with Crippen molar-refractivity contribution in [1.29, 1.82) is 5.26 Å². The first kappa shape index (κ1) is 11.6. The molecule has 2 rings (SSSR count). The molecule has 2 aromatic carbocycles. The molecule has 0 spiro atoms. The number of nitrogens with zero attached hydrogens (tertiary/aromatic N) is 1. The number of hydrogen-bond donors (Lipinski definition) is 0. The van der Waals surface area contributed by atoms with Crippen LogP contribution in [0.2, 0.25) is 5.54 Å². The van der Waals surface area contributed by atoms with E-state index < -0.39 is 8.80 Å². The van der Waals surface area contributed by atoms with Gasteiger partial charge in [0, 0.05) is 5.54 Å². The highest BCUT2D eigenvalue weighted by Crippen LogP contribution is 2.08. The van der Waals surface area contributed by atoms with E-state index in [1.165, 1.54) is 10.4 Å². The zero-order chi connectivity index (χ0) is 12.1. The summed E-state index contributed by atoms with van der Waals surface area (Å²) in [6.45, 7) is 2.04. The summed E-state index contributed by atoms with van der Waals surface area (Å²) in [4.78, 5) is 0. The first-order valence-electron chi connectivity index (χ1n) is 5.82. The molecule has 17 heavy (non-hydrogen) atoms. The molecule has 2 aromatic rings. The van der Waals surface area contributed by atoms with Gasteiger partial charge in [0.05, 0.1) is 6.07 Å². The number of rotatable bonds is 3. The van der Waals surface area contributed by atoms with Crippen LogP contribution in [0.3, 0.4) is 0 Å². The van der Waals surface area contributed by atoms with E-state index in [9.17, 15) is 5.26 Å². The van der Waals surface area contributed by atoms with Gasteiger partial charge in [-0.3, -0.25) is 0 Å². The summed E-state index contributed by atoms with van der Waals surface area (Å²) >= 11 is 0. The minimum atomic E-state index is -1.41. The second-order valence-corrected chi connectivity index (χ2v) is 7.51. The topological polar surface area (TPSA) is 23.8 Å². The lowest BCUT2D eigenvalue weighted by Gasteiger charge is -2.18. The molecule has 0 aliphatic carbocycles. The van der Waals surface area contributed by atoms with Crippen molar-refractivity contribution in [2.45, 2.75) is 12.5 Å². The van der Waals surface area contributed by atoms with Gasteiger partial charge >= 0.3 is 0 Å². The summed E-state index contributed by atoms with van der Waals surface area (Å²) in [6, 6.07) is 23.3. The minimum Gasteiger partial charge on any atom is -0.198 e. The molecule has 0 saturated carbocycles. The molecule has 0 fully saturated rings. The van der Waals surface area contributed by atoms with Crippen molar-refractivity contribution < 1.29 is 0 Å². The van der Waals surface area contributed by atoms with E-state index in [2.05, 4.69) is 54.6 Å². The molecule has 0 bridgehead atoms. The Morgan fingerprint density at radius 2 is 1.29 bits per heavy atom. The van der Waals surface area contributed by atoms with Gasteiger partial charge in [0.1, 0.15) is 8.80 Å². The Hall–Kier alpha value is -1.85. The summed E-state index contributed by atoms with van der Waals surface area (Å²) < 4.78 is 0. The Morgan fingerprint density at radius 3 is 1.65 bits per heavy atom. The van der Waals surface area contributed by atoms with Crippen LogP contribution in [0.4, 0.5) is 0 Å².